The fourth-order valence-electron chi connectivity index (χ4n) is 9.32. The number of hydrogen-bond donors (Lipinski definition) is 0. The Morgan fingerprint density at radius 3 is 1.02 bits per heavy atom. The summed E-state index contributed by atoms with van der Waals surface area (Å²) in [7, 11) is 0. The first-order valence-electron chi connectivity index (χ1n) is 19.5. The van der Waals surface area contributed by atoms with Crippen molar-refractivity contribution in [2.24, 2.45) is 0 Å². The Labute approximate surface area is 339 Å². The van der Waals surface area contributed by atoms with Crippen LogP contribution in [0.1, 0.15) is 149 Å². The van der Waals surface area contributed by atoms with Gasteiger partial charge in [-0.05, 0) is 0 Å². The van der Waals surface area contributed by atoms with Crippen molar-refractivity contribution in [2.45, 2.75) is 134 Å². The minimum absolute atomic E-state index is 0. The van der Waals surface area contributed by atoms with E-state index in [1.54, 1.807) is 22.3 Å². The predicted octanol–water partition coefficient (Wildman–Crippen LogP) is 8.84. The molecule has 1 saturated heterocycles. The van der Waals surface area contributed by atoms with Crippen LogP contribution in [0.15, 0.2) is 83.9 Å². The Balaban J connectivity index is 0.00000271. The van der Waals surface area contributed by atoms with Crippen molar-refractivity contribution in [1.29, 1.82) is 0 Å². The van der Waals surface area contributed by atoms with E-state index in [1.807, 2.05) is 0 Å². The molecular formula is C50H62Cl2Hf. The average Bonchev–Trinajstić information content (AvgIpc) is 3.60. The number of allylic oxidation sites excluding steroid dienone is 2. The molecule has 2 unspecified atom stereocenters. The first kappa shape index (κ1) is 42.0. The molecule has 4 aromatic carbocycles. The summed E-state index contributed by atoms with van der Waals surface area (Å²) in [6.45, 7) is 33.2. The molecule has 1 aliphatic heterocycles. The van der Waals surface area contributed by atoms with Crippen molar-refractivity contribution in [3.63, 3.8) is 0 Å². The Kier molecular flexibility index (Phi) is 11.1. The number of fused-ring (bicyclic) bond motifs is 2. The second kappa shape index (κ2) is 14.1. The molecule has 0 amide bonds. The molecule has 0 radical (unpaired) electrons. The molecule has 4 aromatic rings. The van der Waals surface area contributed by atoms with Gasteiger partial charge in [-0.25, -0.2) is 0 Å². The Bertz CT molecular complexity index is 1900. The van der Waals surface area contributed by atoms with E-state index >= 15 is 0 Å². The van der Waals surface area contributed by atoms with Crippen molar-refractivity contribution in [1.82, 2.24) is 0 Å². The van der Waals surface area contributed by atoms with E-state index in [4.69, 9.17) is 0 Å². The summed E-state index contributed by atoms with van der Waals surface area (Å²) in [5.74, 6) is 0. The zero-order valence-electron chi connectivity index (χ0n) is 34.9. The smallest absolute Gasteiger partial charge is 1.00 e. The Morgan fingerprint density at radius 1 is 0.453 bits per heavy atom. The van der Waals surface area contributed by atoms with Gasteiger partial charge in [-0.1, -0.05) is 0 Å². The summed E-state index contributed by atoms with van der Waals surface area (Å²) < 4.78 is 4.29. The van der Waals surface area contributed by atoms with Gasteiger partial charge in [-0.2, -0.15) is 0 Å². The quantitative estimate of drug-likeness (QED) is 0.180. The maximum atomic E-state index is 2.60. The van der Waals surface area contributed by atoms with Crippen LogP contribution < -0.4 is 24.8 Å². The van der Waals surface area contributed by atoms with Gasteiger partial charge in [0, 0.05) is 0 Å². The van der Waals surface area contributed by atoms with Crippen LogP contribution >= 0.6 is 0 Å². The van der Waals surface area contributed by atoms with Gasteiger partial charge >= 0.3 is 317 Å². The second-order valence-corrected chi connectivity index (χ2v) is 37.2. The summed E-state index contributed by atoms with van der Waals surface area (Å²) in [4.78, 5) is 0. The molecule has 0 N–H and O–H groups in total. The van der Waals surface area contributed by atoms with Crippen LogP contribution in [0.25, 0.3) is 34.4 Å². The van der Waals surface area contributed by atoms with Crippen LogP contribution in [-0.2, 0) is 41.6 Å². The Morgan fingerprint density at radius 2 is 0.755 bits per heavy atom. The maximum Gasteiger partial charge on any atom is -1.00 e. The number of hydrogen-bond acceptors (Lipinski definition) is 0. The molecule has 0 nitrogen and oxygen atoms in total. The molecule has 1 heterocycles. The SMILES string of the molecule is CC1=Cc2c(-c3cc(C(C)(C)C)cc(C(C)(C)C)c3)cccc2[CH]1[Hf+2]1([CH]2C(C)=Cc3c(-c4cc(C(C)(C)C)cc(C(C)(C)C)c4)cccc32)[CH2][CH2]1.[Cl-].[Cl-]. The fourth-order valence-corrected chi connectivity index (χ4v) is 37.6. The normalized spacial score (nSPS) is 18.5. The molecule has 53 heavy (non-hydrogen) atoms. The molecule has 3 heteroatoms. The van der Waals surface area contributed by atoms with E-state index in [9.17, 15) is 0 Å². The van der Waals surface area contributed by atoms with Crippen LogP contribution in [0.3, 0.4) is 0 Å². The van der Waals surface area contributed by atoms with Gasteiger partial charge in [0.1, 0.15) is 0 Å². The largest absolute Gasteiger partial charge is 1.00 e. The molecule has 7 rings (SSSR count). The number of rotatable bonds is 4. The van der Waals surface area contributed by atoms with Crippen LogP contribution in [0.4, 0.5) is 0 Å². The molecule has 2 atom stereocenters. The van der Waals surface area contributed by atoms with Crippen LogP contribution in [0, 0.1) is 0 Å². The van der Waals surface area contributed by atoms with Gasteiger partial charge in [0.25, 0.3) is 0 Å². The van der Waals surface area contributed by atoms with Crippen LogP contribution in [0.2, 0.25) is 8.35 Å². The molecule has 1 fully saturated rings. The molecule has 3 aliphatic rings. The fraction of sp³-hybridized carbons (Fsp3) is 0.440. The van der Waals surface area contributed by atoms with Crippen molar-refractivity contribution in [3.05, 3.63) is 128 Å². The molecular weight excluding hydrogens is 850 g/mol. The summed E-state index contributed by atoms with van der Waals surface area (Å²) in [6.07, 6.45) is 5.21. The minimum atomic E-state index is -2.95. The summed E-state index contributed by atoms with van der Waals surface area (Å²) in [6, 6.07) is 29.4. The first-order valence-corrected chi connectivity index (χ1v) is 28.8. The van der Waals surface area contributed by atoms with Gasteiger partial charge in [0.05, 0.1) is 0 Å². The average molecular weight is 912 g/mol. The van der Waals surface area contributed by atoms with Crippen molar-refractivity contribution in [2.75, 3.05) is 0 Å². The molecule has 0 bridgehead atoms. The number of halogens is 2. The number of benzene rings is 4. The summed E-state index contributed by atoms with van der Waals surface area (Å²) in [5, 5.41) is 0. The standard InChI is InChI=1S/2C24H29.C2H4.2ClH.Hf/c2*1-16-11-17-9-8-10-21(22(17)12-16)18-13-19(23(2,3)4)15-20(14-18)24(5,6)7;1-2;;;/h2*8-15H,1-7H3;1-2H2;2*1H;/q;;;;;+2/p-2. The molecule has 0 aromatic heterocycles. The minimum Gasteiger partial charge on any atom is -1.00 e. The monoisotopic (exact) mass is 912 g/mol. The van der Waals surface area contributed by atoms with Crippen LogP contribution in [0.5, 0.6) is 0 Å². The summed E-state index contributed by atoms with van der Waals surface area (Å²) >= 11 is -2.95. The third-order valence-electron chi connectivity index (χ3n) is 12.5. The summed E-state index contributed by atoms with van der Waals surface area (Å²) in [5.41, 5.74) is 21.2. The van der Waals surface area contributed by atoms with Crippen LogP contribution in [-0.4, -0.2) is 0 Å². The van der Waals surface area contributed by atoms with E-state index in [1.165, 1.54) is 64.0 Å². The van der Waals surface area contributed by atoms with Gasteiger partial charge < -0.3 is 24.8 Å². The van der Waals surface area contributed by atoms with Gasteiger partial charge in [-0.3, -0.25) is 0 Å². The van der Waals surface area contributed by atoms with E-state index in [2.05, 4.69) is 182 Å². The maximum absolute atomic E-state index is 2.95. The first-order chi connectivity index (χ1) is 23.6. The topological polar surface area (TPSA) is 0 Å². The second-order valence-electron chi connectivity index (χ2n) is 20.6. The van der Waals surface area contributed by atoms with E-state index in [0.29, 0.717) is 7.35 Å². The van der Waals surface area contributed by atoms with Gasteiger partial charge in [0.15, 0.2) is 0 Å². The van der Waals surface area contributed by atoms with Crippen molar-refractivity contribution >= 4 is 12.2 Å². The van der Waals surface area contributed by atoms with E-state index < -0.39 is 20.0 Å². The predicted molar refractivity (Wildman–Crippen MR) is 221 cm³/mol. The third kappa shape index (κ3) is 7.55. The Hall–Kier alpha value is -2.19. The molecule has 0 saturated carbocycles. The van der Waals surface area contributed by atoms with E-state index in [-0.39, 0.29) is 46.5 Å². The van der Waals surface area contributed by atoms with Crippen molar-refractivity contribution < 1.29 is 44.8 Å². The molecule has 2 aliphatic carbocycles. The molecule has 0 spiro atoms. The third-order valence-corrected chi connectivity index (χ3v) is 32.2. The van der Waals surface area contributed by atoms with Crippen molar-refractivity contribution in [3.8, 4) is 22.3 Å². The van der Waals surface area contributed by atoms with Gasteiger partial charge in [0.2, 0.25) is 0 Å². The molecule has 280 valence electrons. The zero-order chi connectivity index (χ0) is 37.1. The van der Waals surface area contributed by atoms with Gasteiger partial charge in [-0.15, -0.1) is 0 Å². The zero-order valence-corrected chi connectivity index (χ0v) is 40.0. The van der Waals surface area contributed by atoms with E-state index in [0.717, 1.165) is 0 Å².